The lowest BCUT2D eigenvalue weighted by molar-refractivity contribution is 0.0697. The fraction of sp³-hybridized carbons (Fsp3) is 0.188. The Bertz CT molecular complexity index is 579. The van der Waals surface area contributed by atoms with Crippen LogP contribution in [0, 0.1) is 0 Å². The second-order valence-electron chi connectivity index (χ2n) is 4.28. The third-order valence-corrected chi connectivity index (χ3v) is 2.87. The van der Waals surface area contributed by atoms with Crippen molar-refractivity contribution in [3.8, 4) is 5.75 Å². The number of carbonyl (C=O) groups is 1. The summed E-state index contributed by atoms with van der Waals surface area (Å²) in [4.78, 5) is 10.8. The van der Waals surface area contributed by atoms with Gasteiger partial charge in [0.25, 0.3) is 0 Å². The molecule has 2 N–H and O–H groups in total. The molecule has 0 aliphatic carbocycles. The first-order valence-electron chi connectivity index (χ1n) is 6.48. The summed E-state index contributed by atoms with van der Waals surface area (Å²) in [5.74, 6) is -0.0941. The molecule has 20 heavy (non-hydrogen) atoms. The topological polar surface area (TPSA) is 58.6 Å². The highest BCUT2D eigenvalue weighted by molar-refractivity contribution is 5.87. The Labute approximate surface area is 118 Å². The Morgan fingerprint density at radius 2 is 1.85 bits per heavy atom. The fourth-order valence-electron chi connectivity index (χ4n) is 1.86. The van der Waals surface area contributed by atoms with E-state index in [4.69, 9.17) is 9.84 Å². The van der Waals surface area contributed by atoms with Gasteiger partial charge in [0.05, 0.1) is 17.9 Å². The molecule has 0 aliphatic rings. The van der Waals surface area contributed by atoms with Gasteiger partial charge in [0.15, 0.2) is 0 Å². The highest BCUT2D eigenvalue weighted by Gasteiger charge is 2.04. The van der Waals surface area contributed by atoms with Gasteiger partial charge in [-0.2, -0.15) is 0 Å². The molecule has 0 atom stereocenters. The van der Waals surface area contributed by atoms with Crippen molar-refractivity contribution in [2.75, 3.05) is 11.9 Å². The summed E-state index contributed by atoms with van der Waals surface area (Å²) in [5.41, 5.74) is 2.24. The number of hydrogen-bond donors (Lipinski definition) is 2. The molecular weight excluding hydrogens is 254 g/mol. The largest absolute Gasteiger partial charge is 0.492 e. The van der Waals surface area contributed by atoms with Crippen molar-refractivity contribution in [2.45, 2.75) is 13.5 Å². The van der Waals surface area contributed by atoms with Gasteiger partial charge in [-0.05, 0) is 36.8 Å². The van der Waals surface area contributed by atoms with E-state index in [9.17, 15) is 4.79 Å². The Balaban J connectivity index is 2.03. The van der Waals surface area contributed by atoms with E-state index in [0.717, 1.165) is 17.0 Å². The van der Waals surface area contributed by atoms with Gasteiger partial charge in [0.1, 0.15) is 5.75 Å². The van der Waals surface area contributed by atoms with Crippen LogP contribution >= 0.6 is 0 Å². The maximum Gasteiger partial charge on any atom is 0.335 e. The zero-order chi connectivity index (χ0) is 14.4. The summed E-state index contributed by atoms with van der Waals surface area (Å²) < 4.78 is 5.54. The van der Waals surface area contributed by atoms with E-state index in [-0.39, 0.29) is 0 Å². The standard InChI is InChI=1S/C16H17NO3/c1-2-20-15-6-4-3-5-14(15)17-11-12-7-9-13(10-8-12)16(18)19/h3-10,17H,2,11H2,1H3,(H,18,19). The molecule has 0 radical (unpaired) electrons. The van der Waals surface area contributed by atoms with Crippen LogP contribution in [-0.4, -0.2) is 17.7 Å². The summed E-state index contributed by atoms with van der Waals surface area (Å²) in [6, 6.07) is 14.6. The van der Waals surface area contributed by atoms with E-state index >= 15 is 0 Å². The minimum absolute atomic E-state index is 0.295. The predicted octanol–water partition coefficient (Wildman–Crippen LogP) is 3.40. The molecule has 0 fully saturated rings. The summed E-state index contributed by atoms with van der Waals surface area (Å²) in [6.45, 7) is 3.18. The van der Waals surface area contributed by atoms with E-state index < -0.39 is 5.97 Å². The van der Waals surface area contributed by atoms with Crippen LogP contribution < -0.4 is 10.1 Å². The molecule has 0 amide bonds. The number of rotatable bonds is 6. The van der Waals surface area contributed by atoms with Crippen LogP contribution in [0.3, 0.4) is 0 Å². The van der Waals surface area contributed by atoms with Crippen molar-refractivity contribution in [1.29, 1.82) is 0 Å². The average molecular weight is 271 g/mol. The monoisotopic (exact) mass is 271 g/mol. The van der Waals surface area contributed by atoms with Crippen molar-refractivity contribution < 1.29 is 14.6 Å². The molecule has 0 aliphatic heterocycles. The molecule has 2 aromatic rings. The van der Waals surface area contributed by atoms with Gasteiger partial charge in [-0.25, -0.2) is 4.79 Å². The minimum Gasteiger partial charge on any atom is -0.492 e. The lowest BCUT2D eigenvalue weighted by atomic mass is 10.1. The van der Waals surface area contributed by atoms with Crippen LogP contribution in [0.15, 0.2) is 48.5 Å². The van der Waals surface area contributed by atoms with E-state index in [1.165, 1.54) is 0 Å². The number of carboxylic acid groups (broad SMARTS) is 1. The van der Waals surface area contributed by atoms with Gasteiger partial charge < -0.3 is 15.2 Å². The lowest BCUT2D eigenvalue weighted by Crippen LogP contribution is -2.03. The second-order valence-corrected chi connectivity index (χ2v) is 4.28. The molecule has 0 aromatic heterocycles. The number of hydrogen-bond acceptors (Lipinski definition) is 3. The summed E-state index contributed by atoms with van der Waals surface area (Å²) in [6.07, 6.45) is 0. The Morgan fingerprint density at radius 3 is 2.50 bits per heavy atom. The Kier molecular flexibility index (Phi) is 4.60. The number of nitrogens with one attached hydrogen (secondary N) is 1. The molecule has 2 aromatic carbocycles. The quantitative estimate of drug-likeness (QED) is 0.845. The smallest absolute Gasteiger partial charge is 0.335 e. The molecule has 0 spiro atoms. The maximum absolute atomic E-state index is 10.8. The minimum atomic E-state index is -0.911. The van der Waals surface area contributed by atoms with E-state index in [2.05, 4.69) is 5.32 Å². The molecule has 0 bridgehead atoms. The van der Waals surface area contributed by atoms with Gasteiger partial charge in [-0.15, -0.1) is 0 Å². The third kappa shape index (κ3) is 3.51. The first-order chi connectivity index (χ1) is 9.70. The van der Waals surface area contributed by atoms with E-state index in [0.29, 0.717) is 18.7 Å². The van der Waals surface area contributed by atoms with Gasteiger partial charge in [-0.1, -0.05) is 24.3 Å². The Morgan fingerprint density at radius 1 is 1.15 bits per heavy atom. The number of ether oxygens (including phenoxy) is 1. The molecular formula is C16H17NO3. The van der Waals surface area contributed by atoms with E-state index in [1.54, 1.807) is 24.3 Å². The van der Waals surface area contributed by atoms with Gasteiger partial charge >= 0.3 is 5.97 Å². The van der Waals surface area contributed by atoms with Crippen LogP contribution in [0.4, 0.5) is 5.69 Å². The first kappa shape index (κ1) is 13.9. The maximum atomic E-state index is 10.8. The number of benzene rings is 2. The summed E-state index contributed by atoms with van der Waals surface area (Å²) in [5, 5.41) is 12.1. The molecule has 0 heterocycles. The van der Waals surface area contributed by atoms with Crippen molar-refractivity contribution in [3.05, 3.63) is 59.7 Å². The van der Waals surface area contributed by atoms with Crippen molar-refractivity contribution in [3.63, 3.8) is 0 Å². The highest BCUT2D eigenvalue weighted by Crippen LogP contribution is 2.24. The highest BCUT2D eigenvalue weighted by atomic mass is 16.5. The number of para-hydroxylation sites is 2. The first-order valence-corrected chi connectivity index (χ1v) is 6.48. The van der Waals surface area contributed by atoms with Crippen molar-refractivity contribution in [1.82, 2.24) is 0 Å². The van der Waals surface area contributed by atoms with Crippen molar-refractivity contribution in [2.24, 2.45) is 0 Å². The van der Waals surface area contributed by atoms with Crippen LogP contribution in [0.1, 0.15) is 22.8 Å². The fourth-order valence-corrected chi connectivity index (χ4v) is 1.86. The third-order valence-electron chi connectivity index (χ3n) is 2.87. The van der Waals surface area contributed by atoms with Crippen molar-refractivity contribution >= 4 is 11.7 Å². The van der Waals surface area contributed by atoms with Crippen LogP contribution in [0.2, 0.25) is 0 Å². The molecule has 0 saturated heterocycles. The zero-order valence-corrected chi connectivity index (χ0v) is 11.3. The normalized spacial score (nSPS) is 10.1. The number of carboxylic acids is 1. The average Bonchev–Trinajstić information content (AvgIpc) is 2.47. The van der Waals surface area contributed by atoms with Crippen LogP contribution in [-0.2, 0) is 6.54 Å². The second kappa shape index (κ2) is 6.61. The SMILES string of the molecule is CCOc1ccccc1NCc1ccc(C(=O)O)cc1. The van der Waals surface area contributed by atoms with Crippen LogP contribution in [0.25, 0.3) is 0 Å². The zero-order valence-electron chi connectivity index (χ0n) is 11.3. The lowest BCUT2D eigenvalue weighted by Gasteiger charge is -2.12. The summed E-state index contributed by atoms with van der Waals surface area (Å²) in [7, 11) is 0. The number of aromatic carboxylic acids is 1. The van der Waals surface area contributed by atoms with Gasteiger partial charge in [0.2, 0.25) is 0 Å². The Hall–Kier alpha value is -2.49. The predicted molar refractivity (Wildman–Crippen MR) is 78.3 cm³/mol. The molecule has 0 saturated carbocycles. The summed E-state index contributed by atoms with van der Waals surface area (Å²) >= 11 is 0. The van der Waals surface area contributed by atoms with Crippen LogP contribution in [0.5, 0.6) is 5.75 Å². The molecule has 4 heteroatoms. The number of anilines is 1. The van der Waals surface area contributed by atoms with Gasteiger partial charge in [0, 0.05) is 6.54 Å². The van der Waals surface area contributed by atoms with Gasteiger partial charge in [-0.3, -0.25) is 0 Å². The molecule has 2 rings (SSSR count). The van der Waals surface area contributed by atoms with E-state index in [1.807, 2.05) is 31.2 Å². The molecule has 0 unspecified atom stereocenters. The molecule has 4 nitrogen and oxygen atoms in total. The molecule has 104 valence electrons.